The minimum absolute atomic E-state index is 0.0372. The lowest BCUT2D eigenvalue weighted by molar-refractivity contribution is -0.142. The van der Waals surface area contributed by atoms with Crippen LogP contribution in [0.4, 0.5) is 0 Å². The summed E-state index contributed by atoms with van der Waals surface area (Å²) >= 11 is 0. The number of aryl methyl sites for hydroxylation is 1. The Kier molecular flexibility index (Phi) is 9.90. The minimum atomic E-state index is -0.658. The molecule has 0 fully saturated rings. The van der Waals surface area contributed by atoms with Crippen molar-refractivity contribution in [1.29, 1.82) is 0 Å². The van der Waals surface area contributed by atoms with Gasteiger partial charge in [-0.2, -0.15) is 0 Å². The van der Waals surface area contributed by atoms with Gasteiger partial charge in [0.25, 0.3) is 5.91 Å². The maximum atomic E-state index is 13.7. The quantitative estimate of drug-likeness (QED) is 0.360. The predicted octanol–water partition coefficient (Wildman–Crippen LogP) is 5.84. The minimum Gasteiger partial charge on any atom is -0.484 e. The fraction of sp³-hybridized carbons (Fsp3) is 0.375. The molecule has 5 heteroatoms. The molecule has 3 aromatic rings. The molecular weight excluding hydrogens is 460 g/mol. The second kappa shape index (κ2) is 13.1. The highest BCUT2D eigenvalue weighted by molar-refractivity contribution is 5.88. The van der Waals surface area contributed by atoms with Gasteiger partial charge in [-0.15, -0.1) is 0 Å². The molecule has 0 radical (unpaired) electrons. The number of nitrogens with zero attached hydrogens (tertiary/aromatic N) is 1. The van der Waals surface area contributed by atoms with Crippen LogP contribution in [0.1, 0.15) is 56.4 Å². The average Bonchev–Trinajstić information content (AvgIpc) is 2.88. The van der Waals surface area contributed by atoms with Gasteiger partial charge in [-0.3, -0.25) is 9.59 Å². The molecule has 37 heavy (non-hydrogen) atoms. The molecule has 0 saturated heterocycles. The van der Waals surface area contributed by atoms with E-state index in [0.717, 1.165) is 23.1 Å². The molecule has 0 bridgehead atoms. The molecule has 0 aliphatic rings. The number of hydrogen-bond donors (Lipinski definition) is 1. The molecule has 196 valence electrons. The van der Waals surface area contributed by atoms with Gasteiger partial charge in [0.1, 0.15) is 11.8 Å². The largest absolute Gasteiger partial charge is 0.484 e. The van der Waals surface area contributed by atoms with Crippen LogP contribution < -0.4 is 10.1 Å². The highest BCUT2D eigenvalue weighted by Gasteiger charge is 2.30. The van der Waals surface area contributed by atoms with Gasteiger partial charge in [0.15, 0.2) is 6.61 Å². The number of carbonyl (C=O) groups is 2. The van der Waals surface area contributed by atoms with E-state index in [-0.39, 0.29) is 23.8 Å². The Labute approximate surface area is 221 Å². The second-order valence-corrected chi connectivity index (χ2v) is 10.6. The summed E-state index contributed by atoms with van der Waals surface area (Å²) in [6.45, 7) is 11.3. The Balaban J connectivity index is 1.86. The molecule has 5 nitrogen and oxygen atoms in total. The predicted molar refractivity (Wildman–Crippen MR) is 150 cm³/mol. The first-order chi connectivity index (χ1) is 17.7. The first-order valence-corrected chi connectivity index (χ1v) is 13.1. The fourth-order valence-corrected chi connectivity index (χ4v) is 4.21. The zero-order valence-electron chi connectivity index (χ0n) is 22.8. The summed E-state index contributed by atoms with van der Waals surface area (Å²) in [6, 6.07) is 25.1. The maximum absolute atomic E-state index is 13.7. The first kappa shape index (κ1) is 28.0. The molecule has 0 unspecified atom stereocenters. The number of benzene rings is 3. The van der Waals surface area contributed by atoms with E-state index in [1.54, 1.807) is 4.90 Å². The first-order valence-electron chi connectivity index (χ1n) is 13.1. The molecule has 3 aromatic carbocycles. The summed E-state index contributed by atoms with van der Waals surface area (Å²) < 4.78 is 5.92. The van der Waals surface area contributed by atoms with Gasteiger partial charge >= 0.3 is 0 Å². The molecule has 0 heterocycles. The normalized spacial score (nSPS) is 12.0. The highest BCUT2D eigenvalue weighted by atomic mass is 16.5. The van der Waals surface area contributed by atoms with Gasteiger partial charge in [0.2, 0.25) is 5.91 Å². The summed E-state index contributed by atoms with van der Waals surface area (Å²) in [5, 5.41) is 3.01. The van der Waals surface area contributed by atoms with Gasteiger partial charge in [0, 0.05) is 19.5 Å². The highest BCUT2D eigenvalue weighted by Crippen LogP contribution is 2.24. The summed E-state index contributed by atoms with van der Waals surface area (Å²) in [6.07, 6.45) is 1.25. The topological polar surface area (TPSA) is 58.6 Å². The third kappa shape index (κ3) is 8.49. The van der Waals surface area contributed by atoms with E-state index in [1.807, 2.05) is 86.6 Å². The zero-order valence-corrected chi connectivity index (χ0v) is 22.8. The molecule has 0 spiro atoms. The lowest BCUT2D eigenvalue weighted by atomic mass is 9.87. The molecule has 0 aliphatic heterocycles. The summed E-state index contributed by atoms with van der Waals surface area (Å²) in [5.41, 5.74) is 4.32. The Bertz CT molecular complexity index is 1150. The van der Waals surface area contributed by atoms with Crippen molar-refractivity contribution >= 4 is 11.8 Å². The lowest BCUT2D eigenvalue weighted by Crippen LogP contribution is -2.51. The van der Waals surface area contributed by atoms with Crippen molar-refractivity contribution in [3.8, 4) is 5.75 Å². The van der Waals surface area contributed by atoms with E-state index >= 15 is 0 Å². The van der Waals surface area contributed by atoms with Gasteiger partial charge in [-0.05, 0) is 47.6 Å². The molecule has 2 amide bonds. The third-order valence-electron chi connectivity index (χ3n) is 6.34. The van der Waals surface area contributed by atoms with E-state index in [1.165, 1.54) is 5.56 Å². The van der Waals surface area contributed by atoms with E-state index in [0.29, 0.717) is 25.3 Å². The fourth-order valence-electron chi connectivity index (χ4n) is 4.21. The smallest absolute Gasteiger partial charge is 0.261 e. The summed E-state index contributed by atoms with van der Waals surface area (Å²) in [7, 11) is 0. The van der Waals surface area contributed by atoms with Crippen LogP contribution in [-0.2, 0) is 28.0 Å². The van der Waals surface area contributed by atoms with Crippen molar-refractivity contribution in [1.82, 2.24) is 10.2 Å². The number of nitrogens with one attached hydrogen (secondary N) is 1. The molecule has 1 atom stereocenters. The molecular formula is C32H40N2O3. The van der Waals surface area contributed by atoms with E-state index in [2.05, 4.69) is 32.2 Å². The van der Waals surface area contributed by atoms with Crippen LogP contribution in [-0.4, -0.2) is 35.9 Å². The van der Waals surface area contributed by atoms with Crippen LogP contribution in [0.15, 0.2) is 78.9 Å². The van der Waals surface area contributed by atoms with Crippen LogP contribution >= 0.6 is 0 Å². The standard InChI is InChI=1S/C32H40N2O3/c1-6-19-33-31(36)29(21-25-12-8-7-9-13-25)34(22-26-14-10-11-24(2)20-26)30(35)23-37-28-17-15-27(16-18-28)32(3,4)5/h7-18,20,29H,6,19,21-23H2,1-5H3,(H,33,36)/t29-/m0/s1. The Morgan fingerprint density at radius 1 is 0.919 bits per heavy atom. The molecule has 0 aromatic heterocycles. The Hall–Kier alpha value is -3.60. The van der Waals surface area contributed by atoms with Gasteiger partial charge in [-0.1, -0.05) is 100.0 Å². The van der Waals surface area contributed by atoms with Crippen LogP contribution in [0, 0.1) is 6.92 Å². The summed E-state index contributed by atoms with van der Waals surface area (Å²) in [4.78, 5) is 28.7. The van der Waals surface area contributed by atoms with Crippen molar-refractivity contribution in [3.05, 3.63) is 101 Å². The van der Waals surface area contributed by atoms with Gasteiger partial charge in [0.05, 0.1) is 0 Å². The van der Waals surface area contributed by atoms with E-state index < -0.39 is 6.04 Å². The van der Waals surface area contributed by atoms with Crippen LogP contribution in [0.3, 0.4) is 0 Å². The van der Waals surface area contributed by atoms with Gasteiger partial charge in [-0.25, -0.2) is 0 Å². The number of hydrogen-bond acceptors (Lipinski definition) is 3. The molecule has 0 aliphatic carbocycles. The maximum Gasteiger partial charge on any atom is 0.261 e. The number of rotatable bonds is 11. The number of amides is 2. The SMILES string of the molecule is CCCNC(=O)[C@H](Cc1ccccc1)N(Cc1cccc(C)c1)C(=O)COc1ccc(C(C)(C)C)cc1. The number of ether oxygens (including phenoxy) is 1. The van der Waals surface area contributed by atoms with Crippen LogP contribution in [0.2, 0.25) is 0 Å². The van der Waals surface area contributed by atoms with E-state index in [4.69, 9.17) is 4.74 Å². The Morgan fingerprint density at radius 2 is 1.59 bits per heavy atom. The molecule has 3 rings (SSSR count). The molecule has 0 saturated carbocycles. The van der Waals surface area contributed by atoms with Crippen molar-refractivity contribution in [3.63, 3.8) is 0 Å². The van der Waals surface area contributed by atoms with Crippen molar-refractivity contribution < 1.29 is 14.3 Å². The van der Waals surface area contributed by atoms with E-state index in [9.17, 15) is 9.59 Å². The number of carbonyl (C=O) groups excluding carboxylic acids is 2. The van der Waals surface area contributed by atoms with Crippen molar-refractivity contribution in [2.24, 2.45) is 0 Å². The molecule has 1 N–H and O–H groups in total. The third-order valence-corrected chi connectivity index (χ3v) is 6.34. The van der Waals surface area contributed by atoms with Crippen LogP contribution in [0.5, 0.6) is 5.75 Å². The van der Waals surface area contributed by atoms with Crippen LogP contribution in [0.25, 0.3) is 0 Å². The average molecular weight is 501 g/mol. The van der Waals surface area contributed by atoms with Crippen molar-refractivity contribution in [2.45, 2.75) is 65.5 Å². The zero-order chi connectivity index (χ0) is 26.8. The van der Waals surface area contributed by atoms with Crippen molar-refractivity contribution in [2.75, 3.05) is 13.2 Å². The lowest BCUT2D eigenvalue weighted by Gasteiger charge is -2.31. The monoisotopic (exact) mass is 500 g/mol. The summed E-state index contributed by atoms with van der Waals surface area (Å²) in [5.74, 6) is 0.252. The second-order valence-electron chi connectivity index (χ2n) is 10.6. The Morgan fingerprint density at radius 3 is 2.22 bits per heavy atom. The van der Waals surface area contributed by atoms with Gasteiger partial charge < -0.3 is 15.0 Å².